The molecule has 1 N–H and O–H groups in total. The molecule has 0 fully saturated rings. The van der Waals surface area contributed by atoms with Crippen molar-refractivity contribution in [2.24, 2.45) is 0 Å². The summed E-state index contributed by atoms with van der Waals surface area (Å²) < 4.78 is 10.7. The minimum absolute atomic E-state index is 0.186. The standard InChI is InChI=1S/C25H31N2O3/c1-23(2,3)19-12-18(13-20(22(19)28)24(4,5)6)21(17-10-8-9-11-17)25(14-26,15-27)30-16-29-7/h8-13,21,28H,16H2,1-7H3/q-1/t21-/m0/s1. The zero-order chi connectivity index (χ0) is 22.7. The average molecular weight is 408 g/mol. The third-order valence-corrected chi connectivity index (χ3v) is 5.25. The van der Waals surface area contributed by atoms with Crippen molar-refractivity contribution in [3.05, 3.63) is 58.7 Å². The SMILES string of the molecule is COCOC(C#N)(C#N)[C@H](c1cc(C(C)(C)C)c(O)c(C(C)(C)C)c1)c1ccc[cH-]1. The fourth-order valence-corrected chi connectivity index (χ4v) is 3.66. The summed E-state index contributed by atoms with van der Waals surface area (Å²) in [6, 6.07) is 15.5. The molecule has 30 heavy (non-hydrogen) atoms. The zero-order valence-electron chi connectivity index (χ0n) is 18.9. The molecule has 0 heterocycles. The fourth-order valence-electron chi connectivity index (χ4n) is 3.66. The molecule has 5 heteroatoms. The molecule has 0 aliphatic carbocycles. The molecule has 5 nitrogen and oxygen atoms in total. The van der Waals surface area contributed by atoms with Crippen LogP contribution < -0.4 is 0 Å². The summed E-state index contributed by atoms with van der Waals surface area (Å²) in [7, 11) is 1.45. The summed E-state index contributed by atoms with van der Waals surface area (Å²) in [4.78, 5) is 0. The molecule has 0 saturated carbocycles. The van der Waals surface area contributed by atoms with Gasteiger partial charge in [0.05, 0.1) is 0 Å². The van der Waals surface area contributed by atoms with Gasteiger partial charge in [0.15, 0.2) is 0 Å². The number of hydrogen-bond donors (Lipinski definition) is 1. The van der Waals surface area contributed by atoms with Crippen molar-refractivity contribution in [3.63, 3.8) is 0 Å². The Morgan fingerprint density at radius 1 is 1.03 bits per heavy atom. The number of phenols is 1. The van der Waals surface area contributed by atoms with Crippen molar-refractivity contribution >= 4 is 0 Å². The predicted octanol–water partition coefficient (Wildman–Crippen LogP) is 5.24. The Morgan fingerprint density at radius 3 is 1.93 bits per heavy atom. The molecule has 0 unspecified atom stereocenters. The molecule has 1 atom stereocenters. The second-order valence-corrected chi connectivity index (χ2v) is 9.63. The summed E-state index contributed by atoms with van der Waals surface area (Å²) in [5, 5.41) is 31.2. The van der Waals surface area contributed by atoms with Gasteiger partial charge >= 0.3 is 0 Å². The van der Waals surface area contributed by atoms with Gasteiger partial charge in [0.1, 0.15) is 24.7 Å². The summed E-state index contributed by atoms with van der Waals surface area (Å²) in [5.74, 6) is -0.433. The van der Waals surface area contributed by atoms with E-state index in [1.54, 1.807) is 0 Å². The molecule has 0 radical (unpaired) electrons. The summed E-state index contributed by atoms with van der Waals surface area (Å²) >= 11 is 0. The summed E-state index contributed by atoms with van der Waals surface area (Å²) in [6.45, 7) is 12.0. The van der Waals surface area contributed by atoms with E-state index in [-0.39, 0.29) is 23.4 Å². The summed E-state index contributed by atoms with van der Waals surface area (Å²) in [5.41, 5.74) is 0.590. The molecule has 2 rings (SSSR count). The number of ether oxygens (including phenoxy) is 2. The van der Waals surface area contributed by atoms with Gasteiger partial charge < -0.3 is 14.6 Å². The van der Waals surface area contributed by atoms with Gasteiger partial charge in [-0.1, -0.05) is 53.7 Å². The lowest BCUT2D eigenvalue weighted by molar-refractivity contribution is -0.0863. The lowest BCUT2D eigenvalue weighted by Gasteiger charge is -2.34. The van der Waals surface area contributed by atoms with E-state index in [0.29, 0.717) is 0 Å². The van der Waals surface area contributed by atoms with Crippen LogP contribution in [0.1, 0.15) is 69.7 Å². The molecule has 0 amide bonds. The number of nitriles is 2. The van der Waals surface area contributed by atoms with Gasteiger partial charge in [0.25, 0.3) is 5.60 Å². The van der Waals surface area contributed by atoms with E-state index in [9.17, 15) is 15.6 Å². The van der Waals surface area contributed by atoms with Gasteiger partial charge in [0, 0.05) is 13.0 Å². The van der Waals surface area contributed by atoms with Crippen LogP contribution in [0.5, 0.6) is 5.75 Å². The van der Waals surface area contributed by atoms with Crippen molar-refractivity contribution in [3.8, 4) is 17.9 Å². The zero-order valence-corrected chi connectivity index (χ0v) is 18.9. The Hall–Kier alpha value is -2.73. The molecule has 0 aliphatic rings. The van der Waals surface area contributed by atoms with Gasteiger partial charge in [-0.15, -0.1) is 0 Å². The average Bonchev–Trinajstić information content (AvgIpc) is 3.18. The van der Waals surface area contributed by atoms with Crippen molar-refractivity contribution in [1.29, 1.82) is 10.5 Å². The normalized spacial score (nSPS) is 13.5. The first-order valence-corrected chi connectivity index (χ1v) is 9.96. The first-order chi connectivity index (χ1) is 13.9. The maximum Gasteiger partial charge on any atom is 0.252 e. The van der Waals surface area contributed by atoms with Crippen LogP contribution in [0.2, 0.25) is 0 Å². The van der Waals surface area contributed by atoms with Gasteiger partial charge in [-0.25, -0.2) is 12.1 Å². The molecular weight excluding hydrogens is 376 g/mol. The van der Waals surface area contributed by atoms with Crippen LogP contribution in [0.15, 0.2) is 36.4 Å². The second kappa shape index (κ2) is 8.56. The quantitative estimate of drug-likeness (QED) is 0.522. The van der Waals surface area contributed by atoms with Gasteiger partial charge in [0.2, 0.25) is 0 Å². The molecule has 160 valence electrons. The van der Waals surface area contributed by atoms with E-state index in [1.165, 1.54) is 7.11 Å². The second-order valence-electron chi connectivity index (χ2n) is 9.63. The molecule has 0 saturated heterocycles. The van der Waals surface area contributed by atoms with E-state index in [2.05, 4.69) is 12.1 Å². The van der Waals surface area contributed by atoms with E-state index in [4.69, 9.17) is 9.47 Å². The lowest BCUT2D eigenvalue weighted by atomic mass is 9.73. The van der Waals surface area contributed by atoms with Crippen LogP contribution in [0, 0.1) is 22.7 Å². The third-order valence-electron chi connectivity index (χ3n) is 5.25. The lowest BCUT2D eigenvalue weighted by Crippen LogP contribution is -2.38. The number of benzene rings is 1. The van der Waals surface area contributed by atoms with Crippen molar-refractivity contribution < 1.29 is 14.6 Å². The van der Waals surface area contributed by atoms with Gasteiger partial charge in [-0.2, -0.15) is 28.2 Å². The number of phenolic OH excluding ortho intramolecular Hbond substituents is 1. The molecule has 2 aromatic carbocycles. The van der Waals surface area contributed by atoms with E-state index in [1.807, 2.05) is 77.9 Å². The van der Waals surface area contributed by atoms with Crippen LogP contribution in [0.3, 0.4) is 0 Å². The molecule has 0 bridgehead atoms. The number of nitrogens with zero attached hydrogens (tertiary/aromatic N) is 2. The molecule has 0 spiro atoms. The van der Waals surface area contributed by atoms with Crippen LogP contribution in [-0.2, 0) is 20.3 Å². The van der Waals surface area contributed by atoms with Crippen LogP contribution in [0.4, 0.5) is 0 Å². The third kappa shape index (κ3) is 4.54. The van der Waals surface area contributed by atoms with E-state index in [0.717, 1.165) is 22.3 Å². The Labute approximate surface area is 179 Å². The number of methoxy groups -OCH3 is 1. The van der Waals surface area contributed by atoms with Crippen LogP contribution in [0.25, 0.3) is 0 Å². The van der Waals surface area contributed by atoms with E-state index < -0.39 is 11.5 Å². The Balaban J connectivity index is 2.89. The van der Waals surface area contributed by atoms with Crippen molar-refractivity contribution in [1.82, 2.24) is 0 Å². The van der Waals surface area contributed by atoms with E-state index >= 15 is 0 Å². The highest BCUT2D eigenvalue weighted by molar-refractivity contribution is 5.54. The monoisotopic (exact) mass is 407 g/mol. The Kier molecular flexibility index (Phi) is 6.72. The fraction of sp³-hybridized carbons (Fsp3) is 0.480. The minimum Gasteiger partial charge on any atom is -0.507 e. The van der Waals surface area contributed by atoms with Crippen molar-refractivity contribution in [2.45, 2.75) is 63.9 Å². The molecular formula is C25H31N2O3-. The van der Waals surface area contributed by atoms with Crippen LogP contribution in [-0.4, -0.2) is 24.6 Å². The van der Waals surface area contributed by atoms with Crippen LogP contribution >= 0.6 is 0 Å². The Bertz CT molecular complexity index is 899. The topological polar surface area (TPSA) is 86.3 Å². The smallest absolute Gasteiger partial charge is 0.252 e. The predicted molar refractivity (Wildman–Crippen MR) is 116 cm³/mol. The van der Waals surface area contributed by atoms with Gasteiger partial charge in [-0.3, -0.25) is 0 Å². The molecule has 0 aliphatic heterocycles. The largest absolute Gasteiger partial charge is 0.507 e. The maximum atomic E-state index is 11.1. The number of aromatic hydroxyl groups is 1. The number of hydrogen-bond acceptors (Lipinski definition) is 5. The van der Waals surface area contributed by atoms with Gasteiger partial charge in [-0.05, 0) is 27.5 Å². The molecule has 2 aromatic rings. The summed E-state index contributed by atoms with van der Waals surface area (Å²) in [6.07, 6.45) is 0. The maximum absolute atomic E-state index is 11.1. The van der Waals surface area contributed by atoms with Crippen molar-refractivity contribution in [2.75, 3.05) is 13.9 Å². The highest BCUT2D eigenvalue weighted by Gasteiger charge is 2.43. The Morgan fingerprint density at radius 2 is 1.57 bits per heavy atom. The first kappa shape index (κ1) is 23.5. The highest BCUT2D eigenvalue weighted by Crippen LogP contribution is 2.45. The minimum atomic E-state index is -1.79. The number of rotatable bonds is 6. The first-order valence-electron chi connectivity index (χ1n) is 9.96. The highest BCUT2D eigenvalue weighted by atomic mass is 16.7. The molecule has 0 aromatic heterocycles.